The van der Waals surface area contributed by atoms with E-state index in [1.165, 1.54) is 0 Å². The van der Waals surface area contributed by atoms with Gasteiger partial charge in [-0.25, -0.2) is 0 Å². The van der Waals surface area contributed by atoms with Gasteiger partial charge in [0.2, 0.25) is 0 Å². The fourth-order valence-corrected chi connectivity index (χ4v) is 1.97. The van der Waals surface area contributed by atoms with Gasteiger partial charge >= 0.3 is 6.18 Å². The molecule has 0 aliphatic rings. The molecular formula is C18H16F3N. The maximum atomic E-state index is 12.5. The summed E-state index contributed by atoms with van der Waals surface area (Å²) >= 11 is 0. The first-order chi connectivity index (χ1) is 10.4. The van der Waals surface area contributed by atoms with Crippen molar-refractivity contribution in [2.24, 2.45) is 0 Å². The van der Waals surface area contributed by atoms with E-state index in [0.29, 0.717) is 5.69 Å². The van der Waals surface area contributed by atoms with E-state index in [2.05, 4.69) is 11.9 Å². The normalized spacial score (nSPS) is 12.1. The monoisotopic (exact) mass is 303 g/mol. The number of hydrogen-bond donors (Lipinski definition) is 1. The summed E-state index contributed by atoms with van der Waals surface area (Å²) in [7, 11) is 0. The molecule has 0 radical (unpaired) electrons. The number of halogens is 3. The zero-order valence-corrected chi connectivity index (χ0v) is 12.1. The standard InChI is InChI=1S/C18H16F3N/c1-13(18(19,20)21)11-14(2)22-17-10-6-9-16(12-17)15-7-4-3-5-8-15/h3-12,22H,2H2,1H3/b13-11+. The Morgan fingerprint density at radius 1 is 1.00 bits per heavy atom. The van der Waals surface area contributed by atoms with Crippen LogP contribution in [-0.4, -0.2) is 6.18 Å². The summed E-state index contributed by atoms with van der Waals surface area (Å²) in [6.45, 7) is 4.64. The average Bonchev–Trinajstić information content (AvgIpc) is 2.47. The summed E-state index contributed by atoms with van der Waals surface area (Å²) in [6, 6.07) is 17.2. The molecule has 1 nitrogen and oxygen atoms in total. The maximum absolute atomic E-state index is 12.5. The van der Waals surface area contributed by atoms with Gasteiger partial charge < -0.3 is 5.32 Å². The highest BCUT2D eigenvalue weighted by Gasteiger charge is 2.29. The highest BCUT2D eigenvalue weighted by molar-refractivity contribution is 5.68. The molecule has 0 aliphatic carbocycles. The molecule has 0 aromatic heterocycles. The fraction of sp³-hybridized carbons (Fsp3) is 0.111. The molecule has 22 heavy (non-hydrogen) atoms. The van der Waals surface area contributed by atoms with Crippen LogP contribution in [0.4, 0.5) is 18.9 Å². The van der Waals surface area contributed by atoms with Gasteiger partial charge in [0, 0.05) is 17.0 Å². The van der Waals surface area contributed by atoms with Crippen LogP contribution < -0.4 is 5.32 Å². The smallest absolute Gasteiger partial charge is 0.356 e. The van der Waals surface area contributed by atoms with Crippen LogP contribution in [-0.2, 0) is 0 Å². The Hall–Kier alpha value is -2.49. The molecule has 0 saturated carbocycles. The fourth-order valence-electron chi connectivity index (χ4n) is 1.97. The minimum Gasteiger partial charge on any atom is -0.356 e. The van der Waals surface area contributed by atoms with Crippen molar-refractivity contribution in [2.75, 3.05) is 5.32 Å². The molecule has 114 valence electrons. The number of allylic oxidation sites excluding steroid dienone is 2. The Labute approximate surface area is 127 Å². The van der Waals surface area contributed by atoms with Gasteiger partial charge in [0.1, 0.15) is 0 Å². The first-order valence-electron chi connectivity index (χ1n) is 6.73. The predicted molar refractivity (Wildman–Crippen MR) is 84.5 cm³/mol. The van der Waals surface area contributed by atoms with Crippen LogP contribution in [0.5, 0.6) is 0 Å². The van der Waals surface area contributed by atoms with Gasteiger partial charge in [-0.1, -0.05) is 49.0 Å². The topological polar surface area (TPSA) is 12.0 Å². The van der Waals surface area contributed by atoms with Crippen LogP contribution in [0, 0.1) is 0 Å². The lowest BCUT2D eigenvalue weighted by Gasteiger charge is -2.11. The Bertz CT molecular complexity index is 685. The van der Waals surface area contributed by atoms with E-state index in [0.717, 1.165) is 24.1 Å². The molecule has 0 fully saturated rings. The second-order valence-corrected chi connectivity index (χ2v) is 4.92. The van der Waals surface area contributed by atoms with Crippen LogP contribution >= 0.6 is 0 Å². The molecule has 4 heteroatoms. The summed E-state index contributed by atoms with van der Waals surface area (Å²) in [5.74, 6) is 0. The Kier molecular flexibility index (Phi) is 4.71. The van der Waals surface area contributed by atoms with Gasteiger partial charge in [0.05, 0.1) is 0 Å². The van der Waals surface area contributed by atoms with Crippen LogP contribution in [0.3, 0.4) is 0 Å². The summed E-state index contributed by atoms with van der Waals surface area (Å²) in [4.78, 5) is 0. The Morgan fingerprint density at radius 3 is 2.27 bits per heavy atom. The molecular weight excluding hydrogens is 287 g/mol. The molecule has 0 unspecified atom stereocenters. The van der Waals surface area contributed by atoms with Crippen molar-refractivity contribution in [1.29, 1.82) is 0 Å². The molecule has 0 aliphatic heterocycles. The molecule has 0 bridgehead atoms. The number of rotatable bonds is 4. The third kappa shape index (κ3) is 4.25. The number of hydrogen-bond acceptors (Lipinski definition) is 1. The summed E-state index contributed by atoms with van der Waals surface area (Å²) in [5, 5.41) is 2.88. The second-order valence-electron chi connectivity index (χ2n) is 4.92. The minimum atomic E-state index is -4.34. The minimum absolute atomic E-state index is 0.194. The number of alkyl halides is 3. The quantitative estimate of drug-likeness (QED) is 0.705. The van der Waals surface area contributed by atoms with Crippen molar-refractivity contribution in [2.45, 2.75) is 13.1 Å². The largest absolute Gasteiger partial charge is 0.412 e. The lowest BCUT2D eigenvalue weighted by Crippen LogP contribution is -2.10. The molecule has 2 aromatic carbocycles. The molecule has 2 aromatic rings. The second kappa shape index (κ2) is 6.52. The highest BCUT2D eigenvalue weighted by atomic mass is 19.4. The molecule has 0 amide bonds. The van der Waals surface area contributed by atoms with Gasteiger partial charge in [-0.05, 0) is 36.3 Å². The molecule has 0 heterocycles. The summed E-state index contributed by atoms with van der Waals surface area (Å²) in [5.41, 5.74) is 2.22. The first kappa shape index (κ1) is 15.9. The Balaban J connectivity index is 2.16. The highest BCUT2D eigenvalue weighted by Crippen LogP contribution is 2.27. The lowest BCUT2D eigenvalue weighted by atomic mass is 10.1. The lowest BCUT2D eigenvalue weighted by molar-refractivity contribution is -0.0913. The summed E-state index contributed by atoms with van der Waals surface area (Å²) in [6.07, 6.45) is -3.34. The zero-order chi connectivity index (χ0) is 16.2. The van der Waals surface area contributed by atoms with Gasteiger partial charge in [-0.2, -0.15) is 13.2 Å². The van der Waals surface area contributed by atoms with Gasteiger partial charge in [0.25, 0.3) is 0 Å². The summed E-state index contributed by atoms with van der Waals surface area (Å²) < 4.78 is 37.5. The van der Waals surface area contributed by atoms with E-state index in [4.69, 9.17) is 0 Å². The van der Waals surface area contributed by atoms with E-state index in [-0.39, 0.29) is 5.70 Å². The molecule has 1 N–H and O–H groups in total. The average molecular weight is 303 g/mol. The van der Waals surface area contributed by atoms with Crippen molar-refractivity contribution in [1.82, 2.24) is 0 Å². The van der Waals surface area contributed by atoms with Crippen molar-refractivity contribution >= 4 is 5.69 Å². The SMILES string of the molecule is C=C(/C=C(\C)C(F)(F)F)Nc1cccc(-c2ccccc2)c1. The van der Waals surface area contributed by atoms with E-state index in [1.807, 2.05) is 48.5 Å². The van der Waals surface area contributed by atoms with E-state index in [1.54, 1.807) is 6.07 Å². The van der Waals surface area contributed by atoms with Crippen molar-refractivity contribution in [3.8, 4) is 11.1 Å². The maximum Gasteiger partial charge on any atom is 0.412 e. The molecule has 0 atom stereocenters. The third-order valence-electron chi connectivity index (χ3n) is 3.11. The number of nitrogens with one attached hydrogen (secondary N) is 1. The predicted octanol–water partition coefficient (Wildman–Crippen LogP) is 5.79. The van der Waals surface area contributed by atoms with Crippen LogP contribution in [0.15, 0.2) is 78.5 Å². The van der Waals surface area contributed by atoms with Crippen molar-refractivity contribution in [3.63, 3.8) is 0 Å². The van der Waals surface area contributed by atoms with Gasteiger partial charge in [-0.3, -0.25) is 0 Å². The first-order valence-corrected chi connectivity index (χ1v) is 6.73. The van der Waals surface area contributed by atoms with Crippen molar-refractivity contribution in [3.05, 3.63) is 78.5 Å². The van der Waals surface area contributed by atoms with Crippen LogP contribution in [0.25, 0.3) is 11.1 Å². The van der Waals surface area contributed by atoms with Crippen LogP contribution in [0.1, 0.15) is 6.92 Å². The number of anilines is 1. The number of benzene rings is 2. The third-order valence-corrected chi connectivity index (χ3v) is 3.11. The van der Waals surface area contributed by atoms with E-state index in [9.17, 15) is 13.2 Å². The van der Waals surface area contributed by atoms with E-state index < -0.39 is 11.7 Å². The molecule has 0 saturated heterocycles. The van der Waals surface area contributed by atoms with Crippen molar-refractivity contribution < 1.29 is 13.2 Å². The van der Waals surface area contributed by atoms with Gasteiger partial charge in [-0.15, -0.1) is 0 Å². The molecule has 2 rings (SSSR count). The Morgan fingerprint density at radius 2 is 1.64 bits per heavy atom. The molecule has 0 spiro atoms. The van der Waals surface area contributed by atoms with Crippen LogP contribution in [0.2, 0.25) is 0 Å². The van der Waals surface area contributed by atoms with E-state index >= 15 is 0 Å². The van der Waals surface area contributed by atoms with Gasteiger partial charge in [0.15, 0.2) is 0 Å². The zero-order valence-electron chi connectivity index (χ0n) is 12.1.